The van der Waals surface area contributed by atoms with E-state index in [1.54, 1.807) is 6.92 Å². The Hall–Kier alpha value is -0.610. The number of alkyl halides is 1. The van der Waals surface area contributed by atoms with Crippen molar-refractivity contribution in [3.8, 4) is 0 Å². The number of rotatable bonds is 5. The van der Waals surface area contributed by atoms with E-state index in [0.29, 0.717) is 48.2 Å². The number of hydrogen-bond donors (Lipinski definition) is 1. The van der Waals surface area contributed by atoms with Crippen molar-refractivity contribution in [2.45, 2.75) is 97.2 Å². The fourth-order valence-corrected chi connectivity index (χ4v) is 8.71. The van der Waals surface area contributed by atoms with Crippen LogP contribution >= 0.6 is 11.6 Å². The van der Waals surface area contributed by atoms with Crippen LogP contribution in [0.25, 0.3) is 0 Å². The molecule has 0 aromatic rings. The smallest absolute Gasteiger partial charge is 0.306 e. The first kappa shape index (κ1) is 22.6. The molecule has 0 aromatic carbocycles. The van der Waals surface area contributed by atoms with Gasteiger partial charge in [-0.1, -0.05) is 13.8 Å². The molecule has 0 aliphatic heterocycles. The number of fused-ring (bicyclic) bond motifs is 5. The molecule has 1 N–H and O–H groups in total. The Morgan fingerprint density at radius 1 is 1.10 bits per heavy atom. The lowest BCUT2D eigenvalue weighted by atomic mass is 9.44. The third kappa shape index (κ3) is 3.64. The van der Waals surface area contributed by atoms with Gasteiger partial charge in [0.2, 0.25) is 0 Å². The number of Topliss-reactive ketones (excluding diaryl/α,β-unsaturated/α-hetero) is 1. The van der Waals surface area contributed by atoms with Crippen molar-refractivity contribution < 1.29 is 19.4 Å². The lowest BCUT2D eigenvalue weighted by Crippen LogP contribution is -2.59. The van der Waals surface area contributed by atoms with Crippen molar-refractivity contribution in [3.05, 3.63) is 0 Å². The minimum Gasteiger partial charge on any atom is -0.462 e. The normalized spacial score (nSPS) is 47.7. The molecule has 170 valence electrons. The summed E-state index contributed by atoms with van der Waals surface area (Å²) in [4.78, 5) is 24.4. The molecule has 0 amide bonds. The summed E-state index contributed by atoms with van der Waals surface area (Å²) in [5, 5.41) is 11.4. The largest absolute Gasteiger partial charge is 0.462 e. The highest BCUT2D eigenvalue weighted by molar-refractivity contribution is 6.17. The van der Waals surface area contributed by atoms with Gasteiger partial charge < -0.3 is 9.84 Å². The molecular weight excluding hydrogens is 400 g/mol. The number of hydrogen-bond acceptors (Lipinski definition) is 4. The lowest BCUT2D eigenvalue weighted by Gasteiger charge is -2.62. The van der Waals surface area contributed by atoms with Crippen LogP contribution in [0, 0.1) is 40.4 Å². The number of halogens is 1. The van der Waals surface area contributed by atoms with Gasteiger partial charge in [-0.25, -0.2) is 0 Å². The van der Waals surface area contributed by atoms with Crippen LogP contribution in [-0.2, 0) is 14.3 Å². The maximum absolute atomic E-state index is 12.3. The highest BCUT2D eigenvalue weighted by atomic mass is 35.5. The van der Waals surface area contributed by atoms with E-state index < -0.39 is 0 Å². The number of carbonyl (C=O) groups excluding carboxylic acids is 2. The minimum absolute atomic E-state index is 0.0158. The fraction of sp³-hybridized carbons (Fsp3) is 0.920. The van der Waals surface area contributed by atoms with Gasteiger partial charge in [0.25, 0.3) is 0 Å². The number of esters is 1. The number of aliphatic hydroxyl groups is 1. The molecule has 0 heterocycles. The number of carbonyl (C=O) groups is 2. The van der Waals surface area contributed by atoms with Crippen molar-refractivity contribution in [2.75, 3.05) is 5.88 Å². The van der Waals surface area contributed by atoms with Gasteiger partial charge in [-0.05, 0) is 99.2 Å². The van der Waals surface area contributed by atoms with Crippen LogP contribution in [0.2, 0.25) is 0 Å². The Morgan fingerprint density at radius 3 is 2.57 bits per heavy atom. The molecule has 0 spiro atoms. The molecule has 4 fully saturated rings. The van der Waals surface area contributed by atoms with Crippen molar-refractivity contribution in [1.82, 2.24) is 0 Å². The molecule has 30 heavy (non-hydrogen) atoms. The molecule has 4 aliphatic carbocycles. The fourth-order valence-electron chi connectivity index (χ4n) is 8.57. The Bertz CT molecular complexity index is 680. The van der Waals surface area contributed by atoms with Crippen molar-refractivity contribution in [3.63, 3.8) is 0 Å². The number of ether oxygens (including phenoxy) is 1. The van der Waals surface area contributed by atoms with E-state index in [1.165, 1.54) is 0 Å². The van der Waals surface area contributed by atoms with Crippen LogP contribution in [0.5, 0.6) is 0 Å². The number of aliphatic hydroxyl groups excluding tert-OH is 1. The number of ketones is 1. The van der Waals surface area contributed by atoms with Crippen LogP contribution in [0.3, 0.4) is 0 Å². The van der Waals surface area contributed by atoms with Gasteiger partial charge >= 0.3 is 5.97 Å². The second-order valence-corrected chi connectivity index (χ2v) is 11.7. The van der Waals surface area contributed by atoms with Crippen LogP contribution < -0.4 is 0 Å². The first-order chi connectivity index (χ1) is 14.2. The predicted octanol–water partition coefficient (Wildman–Crippen LogP) is 5.14. The summed E-state index contributed by atoms with van der Waals surface area (Å²) in [6.07, 6.45) is 8.79. The maximum Gasteiger partial charge on any atom is 0.306 e. The van der Waals surface area contributed by atoms with Gasteiger partial charge in [0.1, 0.15) is 11.9 Å². The second kappa shape index (κ2) is 8.39. The average Bonchev–Trinajstić information content (AvgIpc) is 3.03. The summed E-state index contributed by atoms with van der Waals surface area (Å²) in [5.41, 5.74) is 0.0712. The molecule has 5 heteroatoms. The summed E-state index contributed by atoms with van der Waals surface area (Å²) in [6, 6.07) is 0. The Labute approximate surface area is 186 Å². The van der Waals surface area contributed by atoms with E-state index in [2.05, 4.69) is 13.8 Å². The molecule has 0 radical (unpaired) electrons. The Balaban J connectivity index is 1.49. The molecule has 0 bridgehead atoms. The van der Waals surface area contributed by atoms with E-state index >= 15 is 0 Å². The van der Waals surface area contributed by atoms with Crippen LogP contribution in [0.4, 0.5) is 0 Å². The zero-order chi connectivity index (χ0) is 21.7. The van der Waals surface area contributed by atoms with Crippen LogP contribution in [0.15, 0.2) is 0 Å². The molecule has 0 saturated heterocycles. The summed E-state index contributed by atoms with van der Waals surface area (Å²) < 4.78 is 5.78. The zero-order valence-electron chi connectivity index (χ0n) is 18.9. The highest BCUT2D eigenvalue weighted by Crippen LogP contribution is 2.67. The van der Waals surface area contributed by atoms with E-state index in [4.69, 9.17) is 16.3 Å². The molecule has 0 aromatic heterocycles. The first-order valence-electron chi connectivity index (χ1n) is 12.1. The third-order valence-corrected chi connectivity index (χ3v) is 10.1. The molecule has 4 rings (SSSR count). The third-order valence-electron chi connectivity index (χ3n) is 9.85. The minimum atomic E-state index is -0.327. The lowest BCUT2D eigenvalue weighted by molar-refractivity contribution is -0.185. The van der Waals surface area contributed by atoms with Crippen LogP contribution in [-0.4, -0.2) is 34.9 Å². The van der Waals surface area contributed by atoms with Crippen molar-refractivity contribution in [1.29, 1.82) is 0 Å². The molecule has 4 saturated carbocycles. The molecule has 4 nitrogen and oxygen atoms in total. The second-order valence-electron chi connectivity index (χ2n) is 11.3. The van der Waals surface area contributed by atoms with Gasteiger partial charge in [-0.3, -0.25) is 9.59 Å². The van der Waals surface area contributed by atoms with Crippen LogP contribution in [0.1, 0.15) is 85.0 Å². The van der Waals surface area contributed by atoms with Crippen molar-refractivity contribution in [2.24, 2.45) is 40.4 Å². The van der Waals surface area contributed by atoms with E-state index in [0.717, 1.165) is 51.4 Å². The van der Waals surface area contributed by atoms with Gasteiger partial charge in [0, 0.05) is 18.2 Å². The first-order valence-corrected chi connectivity index (χ1v) is 12.7. The Morgan fingerprint density at radius 2 is 1.87 bits per heavy atom. The standard InChI is InChI=1S/C25H39ClO4/c1-15(27)19-8-9-20-18-7-6-16-13-17(30-22(29)5-4-12-26)10-11-24(16,2)23(18)21(28)14-25(19,20)3/h16-21,23,28H,4-14H2,1-3H3/t16-,17+,18-,19+,20-,21-,23+,24-,25+/m0/s1. The van der Waals surface area contributed by atoms with Gasteiger partial charge in [0.15, 0.2) is 0 Å². The SMILES string of the molecule is CC(=O)[C@H]1CC[C@H]2[C@@H]3CC[C@H]4C[C@H](OC(=O)CCCCl)CC[C@]4(C)[C@H]3[C@@H](O)C[C@]12C. The molecule has 0 unspecified atom stereocenters. The monoisotopic (exact) mass is 438 g/mol. The Kier molecular flexibility index (Phi) is 6.31. The topological polar surface area (TPSA) is 63.6 Å². The summed E-state index contributed by atoms with van der Waals surface area (Å²) in [5.74, 6) is 2.69. The summed E-state index contributed by atoms with van der Waals surface area (Å²) >= 11 is 5.70. The van der Waals surface area contributed by atoms with E-state index in [9.17, 15) is 14.7 Å². The summed E-state index contributed by atoms with van der Waals surface area (Å²) in [6.45, 7) is 6.41. The maximum atomic E-state index is 12.3. The summed E-state index contributed by atoms with van der Waals surface area (Å²) in [7, 11) is 0. The zero-order valence-corrected chi connectivity index (χ0v) is 19.6. The van der Waals surface area contributed by atoms with Crippen molar-refractivity contribution >= 4 is 23.4 Å². The van der Waals surface area contributed by atoms with Gasteiger partial charge in [0.05, 0.1) is 6.10 Å². The molecular formula is C25H39ClO4. The average molecular weight is 439 g/mol. The van der Waals surface area contributed by atoms with E-state index in [-0.39, 0.29) is 34.9 Å². The predicted molar refractivity (Wildman–Crippen MR) is 117 cm³/mol. The quantitative estimate of drug-likeness (QED) is 0.477. The van der Waals surface area contributed by atoms with Gasteiger partial charge in [-0.2, -0.15) is 0 Å². The molecule has 4 aliphatic rings. The van der Waals surface area contributed by atoms with E-state index in [1.807, 2.05) is 0 Å². The van der Waals surface area contributed by atoms with Gasteiger partial charge in [-0.15, -0.1) is 11.6 Å². The molecule has 9 atom stereocenters. The highest BCUT2D eigenvalue weighted by Gasteiger charge is 2.63.